The van der Waals surface area contributed by atoms with Crippen LogP contribution in [-0.2, 0) is 13.2 Å². The maximum absolute atomic E-state index is 9.14. The first kappa shape index (κ1) is 14.8. The Balaban J connectivity index is 2.36. The van der Waals surface area contributed by atoms with Crippen LogP contribution in [0.5, 0.6) is 17.2 Å². The normalized spacial score (nSPS) is 10.4. The van der Waals surface area contributed by atoms with Crippen LogP contribution in [-0.4, -0.2) is 12.2 Å². The zero-order valence-electron chi connectivity index (χ0n) is 11.1. The zero-order valence-corrected chi connectivity index (χ0v) is 12.7. The van der Waals surface area contributed by atoms with Crippen molar-refractivity contribution in [2.45, 2.75) is 13.2 Å². The summed E-state index contributed by atoms with van der Waals surface area (Å²) in [7, 11) is 1.56. The van der Waals surface area contributed by atoms with Gasteiger partial charge in [-0.3, -0.25) is 0 Å². The molecule has 106 valence electrons. The fourth-order valence-electron chi connectivity index (χ4n) is 1.81. The number of rotatable bonds is 5. The van der Waals surface area contributed by atoms with E-state index in [1.54, 1.807) is 25.3 Å². The summed E-state index contributed by atoms with van der Waals surface area (Å²) in [6.45, 7) is 0.348. The second kappa shape index (κ2) is 6.74. The van der Waals surface area contributed by atoms with Gasteiger partial charge in [0.1, 0.15) is 5.75 Å². The molecule has 0 saturated carbocycles. The van der Waals surface area contributed by atoms with Crippen molar-refractivity contribution in [1.29, 1.82) is 0 Å². The molecule has 0 radical (unpaired) electrons. The second-order valence-corrected chi connectivity index (χ2v) is 5.12. The van der Waals surface area contributed by atoms with Crippen LogP contribution in [0, 0.1) is 0 Å². The summed E-state index contributed by atoms with van der Waals surface area (Å²) in [6, 6.07) is 11.0. The maximum Gasteiger partial charge on any atom is 0.169 e. The Hall–Kier alpha value is -1.56. The van der Waals surface area contributed by atoms with Gasteiger partial charge >= 0.3 is 0 Å². The Morgan fingerprint density at radius 2 is 1.90 bits per heavy atom. The number of halogens is 1. The van der Waals surface area contributed by atoms with Crippen molar-refractivity contribution in [3.05, 3.63) is 52.0 Å². The Morgan fingerprint density at radius 3 is 2.55 bits per heavy atom. The smallest absolute Gasteiger partial charge is 0.169 e. The number of ether oxygens (including phenoxy) is 2. The minimum absolute atomic E-state index is 0.0401. The highest BCUT2D eigenvalue weighted by Crippen LogP contribution is 2.35. The molecule has 3 N–H and O–H groups in total. The highest BCUT2D eigenvalue weighted by molar-refractivity contribution is 9.10. The molecular weight excluding hydrogens is 322 g/mol. The SMILES string of the molecule is COc1cc(CO)ccc1Oc1cc(Br)ccc1CN. The van der Waals surface area contributed by atoms with Crippen molar-refractivity contribution in [3.63, 3.8) is 0 Å². The lowest BCUT2D eigenvalue weighted by Gasteiger charge is -2.14. The van der Waals surface area contributed by atoms with Crippen molar-refractivity contribution in [3.8, 4) is 17.2 Å². The van der Waals surface area contributed by atoms with E-state index in [4.69, 9.17) is 20.3 Å². The minimum atomic E-state index is -0.0401. The van der Waals surface area contributed by atoms with Crippen LogP contribution < -0.4 is 15.2 Å². The summed E-state index contributed by atoms with van der Waals surface area (Å²) in [6.07, 6.45) is 0. The third kappa shape index (κ3) is 3.30. The van der Waals surface area contributed by atoms with Crippen LogP contribution >= 0.6 is 15.9 Å². The molecule has 2 aromatic rings. The molecule has 0 aliphatic heterocycles. The lowest BCUT2D eigenvalue weighted by Crippen LogP contribution is -2.00. The maximum atomic E-state index is 9.14. The van der Waals surface area contributed by atoms with Gasteiger partial charge < -0.3 is 20.3 Å². The van der Waals surface area contributed by atoms with Crippen LogP contribution in [0.2, 0.25) is 0 Å². The fraction of sp³-hybridized carbons (Fsp3) is 0.200. The molecule has 0 amide bonds. The van der Waals surface area contributed by atoms with Gasteiger partial charge in [0.2, 0.25) is 0 Å². The van der Waals surface area contributed by atoms with Crippen molar-refractivity contribution in [2.24, 2.45) is 5.73 Å². The van der Waals surface area contributed by atoms with E-state index in [9.17, 15) is 0 Å². The molecule has 0 fully saturated rings. The molecule has 0 saturated heterocycles. The first-order chi connectivity index (χ1) is 9.67. The molecule has 5 heteroatoms. The van der Waals surface area contributed by atoms with Crippen molar-refractivity contribution >= 4 is 15.9 Å². The van der Waals surface area contributed by atoms with E-state index in [0.717, 1.165) is 15.6 Å². The largest absolute Gasteiger partial charge is 0.493 e. The van der Waals surface area contributed by atoms with Gasteiger partial charge in [-0.25, -0.2) is 0 Å². The summed E-state index contributed by atoms with van der Waals surface area (Å²) in [5, 5.41) is 9.14. The molecule has 0 unspecified atom stereocenters. The van der Waals surface area contributed by atoms with E-state index in [1.807, 2.05) is 18.2 Å². The highest BCUT2D eigenvalue weighted by atomic mass is 79.9. The average Bonchev–Trinajstić information content (AvgIpc) is 2.48. The summed E-state index contributed by atoms with van der Waals surface area (Å²) in [4.78, 5) is 0. The fourth-order valence-corrected chi connectivity index (χ4v) is 2.15. The Morgan fingerprint density at radius 1 is 1.10 bits per heavy atom. The topological polar surface area (TPSA) is 64.7 Å². The lowest BCUT2D eigenvalue weighted by atomic mass is 10.2. The quantitative estimate of drug-likeness (QED) is 0.879. The second-order valence-electron chi connectivity index (χ2n) is 4.20. The van der Waals surface area contributed by atoms with Gasteiger partial charge in [0.15, 0.2) is 11.5 Å². The molecule has 0 spiro atoms. The zero-order chi connectivity index (χ0) is 14.5. The van der Waals surface area contributed by atoms with E-state index in [-0.39, 0.29) is 6.61 Å². The number of methoxy groups -OCH3 is 1. The molecule has 0 aliphatic rings. The van der Waals surface area contributed by atoms with E-state index in [0.29, 0.717) is 23.8 Å². The van der Waals surface area contributed by atoms with Gasteiger partial charge in [-0.15, -0.1) is 0 Å². The molecule has 4 nitrogen and oxygen atoms in total. The third-order valence-corrected chi connectivity index (χ3v) is 3.37. The molecule has 20 heavy (non-hydrogen) atoms. The van der Waals surface area contributed by atoms with Crippen LogP contribution in [0.15, 0.2) is 40.9 Å². The van der Waals surface area contributed by atoms with Crippen LogP contribution in [0.3, 0.4) is 0 Å². The molecule has 0 bridgehead atoms. The number of hydrogen-bond acceptors (Lipinski definition) is 4. The molecule has 2 rings (SSSR count). The number of hydrogen-bond donors (Lipinski definition) is 2. The van der Waals surface area contributed by atoms with Gasteiger partial charge in [-0.1, -0.05) is 28.1 Å². The Bertz CT molecular complexity index is 602. The lowest BCUT2D eigenvalue weighted by molar-refractivity contribution is 0.280. The summed E-state index contributed by atoms with van der Waals surface area (Å²) in [5.41, 5.74) is 7.38. The van der Waals surface area contributed by atoms with Crippen LogP contribution in [0.25, 0.3) is 0 Å². The summed E-state index contributed by atoms with van der Waals surface area (Å²) >= 11 is 3.41. The van der Waals surface area contributed by atoms with Gasteiger partial charge in [0.25, 0.3) is 0 Å². The third-order valence-electron chi connectivity index (χ3n) is 2.88. The minimum Gasteiger partial charge on any atom is -0.493 e. The first-order valence-electron chi connectivity index (χ1n) is 6.12. The van der Waals surface area contributed by atoms with E-state index < -0.39 is 0 Å². The predicted octanol–water partition coefficient (Wildman–Crippen LogP) is 3.20. The first-order valence-corrected chi connectivity index (χ1v) is 6.91. The monoisotopic (exact) mass is 337 g/mol. The summed E-state index contributed by atoms with van der Waals surface area (Å²) in [5.74, 6) is 1.83. The molecule has 0 atom stereocenters. The highest BCUT2D eigenvalue weighted by Gasteiger charge is 2.10. The standard InChI is InChI=1S/C15H16BrNO3/c1-19-15-6-10(9-18)2-5-13(15)20-14-7-12(16)4-3-11(14)8-17/h2-7,18H,8-9,17H2,1H3. The van der Waals surface area contributed by atoms with E-state index in [1.165, 1.54) is 0 Å². The molecule has 0 aliphatic carbocycles. The summed E-state index contributed by atoms with van der Waals surface area (Å²) < 4.78 is 12.1. The van der Waals surface area contributed by atoms with Gasteiger partial charge in [-0.05, 0) is 29.8 Å². The predicted molar refractivity (Wildman–Crippen MR) is 81.0 cm³/mol. The number of aliphatic hydroxyl groups is 1. The number of nitrogens with two attached hydrogens (primary N) is 1. The van der Waals surface area contributed by atoms with Gasteiger partial charge in [0, 0.05) is 16.6 Å². The van der Waals surface area contributed by atoms with Gasteiger partial charge in [0.05, 0.1) is 13.7 Å². The molecule has 0 aromatic heterocycles. The number of aliphatic hydroxyl groups excluding tert-OH is 1. The van der Waals surface area contributed by atoms with E-state index in [2.05, 4.69) is 15.9 Å². The molecule has 0 heterocycles. The average molecular weight is 338 g/mol. The van der Waals surface area contributed by atoms with Crippen LogP contribution in [0.1, 0.15) is 11.1 Å². The number of benzene rings is 2. The van der Waals surface area contributed by atoms with Crippen molar-refractivity contribution < 1.29 is 14.6 Å². The van der Waals surface area contributed by atoms with Crippen LogP contribution in [0.4, 0.5) is 0 Å². The molecule has 2 aromatic carbocycles. The Kier molecular flexibility index (Phi) is 5.00. The van der Waals surface area contributed by atoms with Crippen molar-refractivity contribution in [2.75, 3.05) is 7.11 Å². The Labute approximate surface area is 126 Å². The van der Waals surface area contributed by atoms with Gasteiger partial charge in [-0.2, -0.15) is 0 Å². The molecular formula is C15H16BrNO3. The van der Waals surface area contributed by atoms with E-state index >= 15 is 0 Å². The van der Waals surface area contributed by atoms with Crippen molar-refractivity contribution in [1.82, 2.24) is 0 Å².